The molecule has 0 radical (unpaired) electrons. The smallest absolute Gasteiger partial charge is 0.419 e. The first-order valence-electron chi connectivity index (χ1n) is 12.0. The van der Waals surface area contributed by atoms with Crippen molar-refractivity contribution in [1.29, 1.82) is 0 Å². The molecule has 6 nitrogen and oxygen atoms in total. The molecular formula is C25H29F3O6S. The van der Waals surface area contributed by atoms with Crippen LogP contribution in [-0.2, 0) is 21.0 Å². The molecule has 0 aliphatic heterocycles. The zero-order valence-corrected chi connectivity index (χ0v) is 20.2. The van der Waals surface area contributed by atoms with Gasteiger partial charge in [0, 0.05) is 5.92 Å². The number of halogens is 3. The van der Waals surface area contributed by atoms with Crippen LogP contribution in [0.15, 0.2) is 30.4 Å². The predicted octanol–water partition coefficient (Wildman–Crippen LogP) is 5.15. The zero-order valence-electron chi connectivity index (χ0n) is 19.4. The van der Waals surface area contributed by atoms with Gasteiger partial charge < -0.3 is 9.47 Å². The minimum absolute atomic E-state index is 0.0942. The highest BCUT2D eigenvalue weighted by atomic mass is 32.2. The third-order valence-electron chi connectivity index (χ3n) is 8.89. The highest BCUT2D eigenvalue weighted by Crippen LogP contribution is 2.71. The molecule has 4 fully saturated rings. The van der Waals surface area contributed by atoms with E-state index in [1.165, 1.54) is 19.3 Å². The molecular weight excluding hydrogens is 485 g/mol. The van der Waals surface area contributed by atoms with E-state index in [0.717, 1.165) is 30.5 Å². The van der Waals surface area contributed by atoms with Gasteiger partial charge in [-0.05, 0) is 92.4 Å². The molecule has 4 aliphatic carbocycles. The summed E-state index contributed by atoms with van der Waals surface area (Å²) in [5.41, 5.74) is -1.41. The van der Waals surface area contributed by atoms with Crippen LogP contribution < -0.4 is 4.74 Å². The molecule has 1 aromatic rings. The summed E-state index contributed by atoms with van der Waals surface area (Å²) in [4.78, 5) is 12.4. The third-order valence-corrected chi connectivity index (χ3v) is 9.57. The number of alkyl halides is 3. The van der Waals surface area contributed by atoms with Crippen LogP contribution in [-0.4, -0.2) is 36.9 Å². The molecule has 0 heterocycles. The van der Waals surface area contributed by atoms with E-state index in [-0.39, 0.29) is 11.5 Å². The average molecular weight is 515 g/mol. The molecule has 1 aromatic carbocycles. The summed E-state index contributed by atoms with van der Waals surface area (Å²) in [6, 6.07) is 2.79. The van der Waals surface area contributed by atoms with Gasteiger partial charge in [0.1, 0.15) is 23.7 Å². The Hall–Kier alpha value is -2.07. The van der Waals surface area contributed by atoms with E-state index in [1.807, 2.05) is 6.92 Å². The van der Waals surface area contributed by atoms with E-state index in [4.69, 9.17) is 14.0 Å². The van der Waals surface area contributed by atoms with Gasteiger partial charge in [-0.2, -0.15) is 21.6 Å². The van der Waals surface area contributed by atoms with Crippen molar-refractivity contribution >= 4 is 16.1 Å². The Morgan fingerprint density at radius 2 is 1.86 bits per heavy atom. The van der Waals surface area contributed by atoms with E-state index in [9.17, 15) is 26.4 Å². The van der Waals surface area contributed by atoms with Crippen LogP contribution in [0.3, 0.4) is 0 Å². The second-order valence-electron chi connectivity index (χ2n) is 10.7. The van der Waals surface area contributed by atoms with Crippen molar-refractivity contribution in [1.82, 2.24) is 0 Å². The minimum Gasteiger partial charge on any atom is -0.482 e. The summed E-state index contributed by atoms with van der Waals surface area (Å²) >= 11 is 0. The van der Waals surface area contributed by atoms with E-state index < -0.39 is 51.5 Å². The highest BCUT2D eigenvalue weighted by Gasteiger charge is 2.68. The third kappa shape index (κ3) is 4.16. The van der Waals surface area contributed by atoms with Gasteiger partial charge in [-0.15, -0.1) is 0 Å². The number of esters is 1. The van der Waals surface area contributed by atoms with Crippen LogP contribution in [0.5, 0.6) is 5.75 Å². The zero-order chi connectivity index (χ0) is 25.3. The van der Waals surface area contributed by atoms with E-state index in [2.05, 4.69) is 6.58 Å². The molecule has 4 bridgehead atoms. The van der Waals surface area contributed by atoms with Crippen molar-refractivity contribution in [3.05, 3.63) is 41.5 Å². The Labute approximate surface area is 202 Å². The molecule has 0 aromatic heterocycles. The van der Waals surface area contributed by atoms with E-state index in [0.29, 0.717) is 35.7 Å². The standard InChI is InChI=1S/C25H29F3O6S/c1-13(2)24(12-17-10-19(24)22-15-4-3-14(9-15)21(17)22)34-20-11-16(5-6-18(20)25(26,27)28)23(29)33-7-8-35(30,31)32/h5-6,11,14-15,17,19,21-22H,1,3-4,7-10,12H2,2H3,(H,30,31,32). The first kappa shape index (κ1) is 24.6. The molecule has 192 valence electrons. The van der Waals surface area contributed by atoms with Crippen molar-refractivity contribution in [3.8, 4) is 5.75 Å². The van der Waals surface area contributed by atoms with Gasteiger partial charge in [-0.25, -0.2) is 4.79 Å². The summed E-state index contributed by atoms with van der Waals surface area (Å²) in [5.74, 6) is 0.609. The fraction of sp³-hybridized carbons (Fsp3) is 0.640. The number of carbonyl (C=O) groups excluding carboxylic acids is 1. The number of hydrogen-bond acceptors (Lipinski definition) is 5. The predicted molar refractivity (Wildman–Crippen MR) is 120 cm³/mol. The monoisotopic (exact) mass is 514 g/mol. The van der Waals surface area contributed by atoms with Gasteiger partial charge in [0.05, 0.1) is 11.1 Å². The lowest BCUT2D eigenvalue weighted by atomic mass is 9.64. The Morgan fingerprint density at radius 1 is 1.17 bits per heavy atom. The molecule has 4 saturated carbocycles. The highest BCUT2D eigenvalue weighted by molar-refractivity contribution is 7.85. The summed E-state index contributed by atoms with van der Waals surface area (Å²) < 4.78 is 83.4. The molecule has 7 atom stereocenters. The maximum atomic E-state index is 13.9. The van der Waals surface area contributed by atoms with Crippen LogP contribution >= 0.6 is 0 Å². The maximum Gasteiger partial charge on any atom is 0.419 e. The van der Waals surface area contributed by atoms with Gasteiger partial charge in [-0.1, -0.05) is 6.58 Å². The molecule has 1 N–H and O–H groups in total. The van der Waals surface area contributed by atoms with Crippen LogP contribution in [0.25, 0.3) is 0 Å². The number of hydrogen-bond donors (Lipinski definition) is 1. The molecule has 0 spiro atoms. The van der Waals surface area contributed by atoms with Crippen molar-refractivity contribution in [3.63, 3.8) is 0 Å². The SMILES string of the molecule is C=C(C)C1(Oc2cc(C(=O)OCCS(=O)(=O)O)ccc2C(F)(F)F)CC2CC1C1C3CCC(C3)C21. The fourth-order valence-corrected chi connectivity index (χ4v) is 8.05. The van der Waals surface area contributed by atoms with Gasteiger partial charge in [0.15, 0.2) is 0 Å². The van der Waals surface area contributed by atoms with Crippen molar-refractivity contribution in [2.45, 2.75) is 50.8 Å². The Bertz CT molecular complexity index is 1160. The summed E-state index contributed by atoms with van der Waals surface area (Å²) in [5, 5.41) is 0. The molecule has 0 saturated heterocycles. The molecule has 7 unspecified atom stereocenters. The fourth-order valence-electron chi connectivity index (χ4n) is 7.76. The van der Waals surface area contributed by atoms with Crippen LogP contribution in [0.2, 0.25) is 0 Å². The molecule has 10 heteroatoms. The second-order valence-corrected chi connectivity index (χ2v) is 12.3. The minimum atomic E-state index is -4.70. The first-order chi connectivity index (χ1) is 16.3. The molecule has 35 heavy (non-hydrogen) atoms. The summed E-state index contributed by atoms with van der Waals surface area (Å²) in [6.07, 6.45) is 0.459. The van der Waals surface area contributed by atoms with Gasteiger partial charge in [0.25, 0.3) is 10.1 Å². The quantitative estimate of drug-likeness (QED) is 0.234. The number of ether oxygens (including phenoxy) is 2. The number of rotatable bonds is 7. The number of benzene rings is 1. The number of carbonyl (C=O) groups is 1. The van der Waals surface area contributed by atoms with E-state index in [1.54, 1.807) is 0 Å². The van der Waals surface area contributed by atoms with Crippen LogP contribution in [0.1, 0.15) is 54.9 Å². The maximum absolute atomic E-state index is 13.9. The molecule has 4 aliphatic rings. The van der Waals surface area contributed by atoms with Crippen molar-refractivity contribution in [2.75, 3.05) is 12.4 Å². The van der Waals surface area contributed by atoms with E-state index >= 15 is 0 Å². The largest absolute Gasteiger partial charge is 0.482 e. The van der Waals surface area contributed by atoms with Crippen LogP contribution in [0, 0.1) is 35.5 Å². The van der Waals surface area contributed by atoms with Crippen LogP contribution in [0.4, 0.5) is 13.2 Å². The lowest BCUT2D eigenvalue weighted by Crippen LogP contribution is -2.49. The summed E-state index contributed by atoms with van der Waals surface area (Å²) in [7, 11) is -4.35. The summed E-state index contributed by atoms with van der Waals surface area (Å²) in [6.45, 7) is 5.32. The first-order valence-corrected chi connectivity index (χ1v) is 13.6. The van der Waals surface area contributed by atoms with Crippen molar-refractivity contribution in [2.24, 2.45) is 35.5 Å². The number of fused-ring (bicyclic) bond motifs is 9. The van der Waals surface area contributed by atoms with Gasteiger partial charge >= 0.3 is 12.1 Å². The molecule has 0 amide bonds. The normalized spacial score (nSPS) is 35.2. The van der Waals surface area contributed by atoms with Gasteiger partial charge in [0.2, 0.25) is 0 Å². The molecule has 5 rings (SSSR count). The topological polar surface area (TPSA) is 89.9 Å². The Morgan fingerprint density at radius 3 is 2.49 bits per heavy atom. The second kappa shape index (κ2) is 8.23. The Balaban J connectivity index is 1.45. The lowest BCUT2D eigenvalue weighted by Gasteiger charge is -2.47. The average Bonchev–Trinajstić information content (AvgIpc) is 3.51. The lowest BCUT2D eigenvalue weighted by molar-refractivity contribution is -0.140. The Kier molecular flexibility index (Phi) is 5.79. The van der Waals surface area contributed by atoms with Crippen molar-refractivity contribution < 1.29 is 40.4 Å². The van der Waals surface area contributed by atoms with Gasteiger partial charge in [-0.3, -0.25) is 4.55 Å².